The van der Waals surface area contributed by atoms with Gasteiger partial charge in [-0.2, -0.15) is 0 Å². The molecule has 11 heteroatoms. The number of rotatable bonds is 13. The van der Waals surface area contributed by atoms with Crippen molar-refractivity contribution in [1.82, 2.24) is 10.9 Å². The normalized spacial score (nSPS) is 18.6. The van der Waals surface area contributed by atoms with Gasteiger partial charge in [0.2, 0.25) is 5.90 Å². The summed E-state index contributed by atoms with van der Waals surface area (Å²) in [4.78, 5) is 19.0. The quantitative estimate of drug-likeness (QED) is 0.187. The van der Waals surface area contributed by atoms with Crippen molar-refractivity contribution < 1.29 is 27.8 Å². The Hall–Kier alpha value is -3.25. The minimum atomic E-state index is -3.73. The summed E-state index contributed by atoms with van der Waals surface area (Å²) < 4.78 is 39.5. The first kappa shape index (κ1) is 30.7. The van der Waals surface area contributed by atoms with Gasteiger partial charge >= 0.3 is 0 Å². The van der Waals surface area contributed by atoms with Crippen molar-refractivity contribution in [3.05, 3.63) is 94.5 Å². The van der Waals surface area contributed by atoms with E-state index in [0.29, 0.717) is 29.9 Å². The molecule has 1 amide bonds. The smallest absolute Gasteiger partial charge is 0.266 e. The fourth-order valence-corrected chi connectivity index (χ4v) is 6.01. The number of hydrogen-bond donors (Lipinski definition) is 3. The Morgan fingerprint density at radius 3 is 2.39 bits per heavy atom. The molecule has 1 heterocycles. The minimum Gasteiger partial charge on any atom is -0.494 e. The van der Waals surface area contributed by atoms with E-state index in [1.165, 1.54) is 0 Å². The Labute approximate surface area is 249 Å². The number of nitrogens with zero attached hydrogens (tertiary/aromatic N) is 1. The molecule has 0 aromatic heterocycles. The zero-order valence-corrected chi connectivity index (χ0v) is 25.3. The Bertz CT molecular complexity index is 1450. The van der Waals surface area contributed by atoms with E-state index in [1.807, 2.05) is 38.1 Å². The number of carbonyl (C=O) groups excluding carboxylic acids is 1. The van der Waals surface area contributed by atoms with Crippen molar-refractivity contribution in [2.24, 2.45) is 4.99 Å². The van der Waals surface area contributed by atoms with E-state index in [2.05, 4.69) is 26.8 Å². The van der Waals surface area contributed by atoms with Crippen LogP contribution >= 0.6 is 15.9 Å². The largest absolute Gasteiger partial charge is 0.494 e. The van der Waals surface area contributed by atoms with Gasteiger partial charge in [-0.3, -0.25) is 10.2 Å². The molecule has 41 heavy (non-hydrogen) atoms. The summed E-state index contributed by atoms with van der Waals surface area (Å²) in [5.74, 6) is 0.0130. The second-order valence-corrected chi connectivity index (χ2v) is 13.0. The second-order valence-electron chi connectivity index (χ2n) is 9.98. The molecule has 2 atom stereocenters. The molecule has 0 saturated heterocycles. The molecule has 0 fully saturated rings. The van der Waals surface area contributed by atoms with E-state index in [4.69, 9.17) is 19.6 Å². The minimum absolute atomic E-state index is 0.0377. The van der Waals surface area contributed by atoms with Crippen LogP contribution in [0.2, 0.25) is 0 Å². The Balaban J connectivity index is 1.75. The predicted molar refractivity (Wildman–Crippen MR) is 160 cm³/mol. The maximum Gasteiger partial charge on any atom is 0.266 e. The first-order valence-corrected chi connectivity index (χ1v) is 15.8. The zero-order chi connectivity index (χ0) is 29.5. The summed E-state index contributed by atoms with van der Waals surface area (Å²) in [5.41, 5.74) is 5.36. The number of hydrogen-bond acceptors (Lipinski definition) is 8. The molecule has 3 N–H and O–H groups in total. The summed E-state index contributed by atoms with van der Waals surface area (Å²) in [7, 11) is -3.73. The van der Waals surface area contributed by atoms with Gasteiger partial charge in [0.05, 0.1) is 17.3 Å². The lowest BCUT2D eigenvalue weighted by molar-refractivity contribution is -0.130. The molecule has 0 radical (unpaired) electrons. The highest BCUT2D eigenvalue weighted by atomic mass is 79.9. The van der Waals surface area contributed by atoms with Gasteiger partial charge in [0, 0.05) is 35.5 Å². The molecule has 0 bridgehead atoms. The molecule has 218 valence electrons. The number of halogens is 1. The molecule has 0 unspecified atom stereocenters. The summed E-state index contributed by atoms with van der Waals surface area (Å²) in [6.45, 7) is 4.17. The Kier molecular flexibility index (Phi) is 10.2. The van der Waals surface area contributed by atoms with Crippen molar-refractivity contribution in [2.45, 2.75) is 49.3 Å². The van der Waals surface area contributed by atoms with Crippen LogP contribution < -0.4 is 15.6 Å². The summed E-state index contributed by atoms with van der Waals surface area (Å²) >= 11 is 3.45. The molecule has 3 aromatic carbocycles. The molecule has 0 aliphatic carbocycles. The Morgan fingerprint density at radius 1 is 1.07 bits per heavy atom. The van der Waals surface area contributed by atoms with Crippen LogP contribution in [0.4, 0.5) is 0 Å². The van der Waals surface area contributed by atoms with Crippen molar-refractivity contribution in [1.29, 1.82) is 0 Å². The summed E-state index contributed by atoms with van der Waals surface area (Å²) in [6.07, 6.45) is -0.506. The molecule has 3 aromatic rings. The van der Waals surface area contributed by atoms with Crippen LogP contribution in [0, 0.1) is 0 Å². The number of sulfone groups is 1. The van der Waals surface area contributed by atoms with E-state index in [0.717, 1.165) is 4.47 Å². The van der Waals surface area contributed by atoms with Crippen molar-refractivity contribution in [3.63, 3.8) is 0 Å². The topological polar surface area (TPSA) is 126 Å². The van der Waals surface area contributed by atoms with E-state index in [9.17, 15) is 13.2 Å². The van der Waals surface area contributed by atoms with Gasteiger partial charge in [-0.1, -0.05) is 46.3 Å². The van der Waals surface area contributed by atoms with Crippen LogP contribution in [-0.4, -0.2) is 55.9 Å². The average Bonchev–Trinajstić information content (AvgIpc) is 3.37. The van der Waals surface area contributed by atoms with E-state index >= 15 is 0 Å². The first-order chi connectivity index (χ1) is 19.6. The maximum atomic E-state index is 13.9. The molecule has 4 rings (SSSR count). The SMILES string of the molecule is CC(C)NNC(=O)[C@@]1(CCS(=O)(=O)c2ccccc2)N=C(c2ccc(OCCCO)cc2)O[C@H]1c1ccc(Br)cc1. The van der Waals surface area contributed by atoms with Gasteiger partial charge in [0.15, 0.2) is 21.5 Å². The number of ether oxygens (including phenoxy) is 2. The molecule has 1 aliphatic heterocycles. The van der Waals surface area contributed by atoms with Crippen molar-refractivity contribution in [2.75, 3.05) is 19.0 Å². The highest BCUT2D eigenvalue weighted by Crippen LogP contribution is 2.43. The number of hydrazine groups is 1. The van der Waals surface area contributed by atoms with Gasteiger partial charge in [0.1, 0.15) is 5.75 Å². The third-order valence-corrected chi connectivity index (χ3v) is 8.79. The summed E-state index contributed by atoms with van der Waals surface area (Å²) in [6, 6.07) is 22.5. The standard InChI is InChI=1S/C30H34BrN3O6S/c1-21(2)33-34-29(36)30(17-20-41(37,38)26-7-4-3-5-8-26)27(22-9-13-24(31)14-10-22)40-28(32-30)23-11-15-25(16-12-23)39-19-6-18-35/h3-5,7-16,21,27,33,35H,6,17-20H2,1-2H3,(H,34,36)/t27-,30-/m0/s1. The first-order valence-electron chi connectivity index (χ1n) is 13.3. The van der Waals surface area contributed by atoms with Crippen LogP contribution in [0.5, 0.6) is 5.75 Å². The number of aliphatic imine (C=N–C) groups is 1. The lowest BCUT2D eigenvalue weighted by Gasteiger charge is -2.31. The van der Waals surface area contributed by atoms with Crippen LogP contribution in [0.1, 0.15) is 43.9 Å². The zero-order valence-electron chi connectivity index (χ0n) is 22.9. The molecule has 1 aliphatic rings. The average molecular weight is 645 g/mol. The highest BCUT2D eigenvalue weighted by molar-refractivity contribution is 9.10. The van der Waals surface area contributed by atoms with E-state index < -0.39 is 27.4 Å². The van der Waals surface area contributed by atoms with Gasteiger partial charge in [0.25, 0.3) is 5.91 Å². The van der Waals surface area contributed by atoms with Crippen LogP contribution in [0.15, 0.2) is 93.2 Å². The van der Waals surface area contributed by atoms with E-state index in [-0.39, 0.29) is 35.6 Å². The number of aliphatic hydroxyl groups excluding tert-OH is 1. The fraction of sp³-hybridized carbons (Fsp3) is 0.333. The van der Waals surface area contributed by atoms with E-state index in [1.54, 1.807) is 54.6 Å². The van der Waals surface area contributed by atoms with Gasteiger partial charge < -0.3 is 14.6 Å². The maximum absolute atomic E-state index is 13.9. The van der Waals surface area contributed by atoms with Gasteiger partial charge in [-0.15, -0.1) is 0 Å². The lowest BCUT2D eigenvalue weighted by atomic mass is 9.85. The molecule has 0 spiro atoms. The number of aliphatic hydroxyl groups is 1. The van der Waals surface area contributed by atoms with Crippen LogP contribution in [0.3, 0.4) is 0 Å². The number of benzene rings is 3. The third-order valence-electron chi connectivity index (χ3n) is 6.53. The predicted octanol–water partition coefficient (Wildman–Crippen LogP) is 4.36. The lowest BCUT2D eigenvalue weighted by Crippen LogP contribution is -2.54. The number of amides is 1. The van der Waals surface area contributed by atoms with Crippen molar-refractivity contribution in [3.8, 4) is 5.75 Å². The fourth-order valence-electron chi connectivity index (χ4n) is 4.36. The van der Waals surface area contributed by atoms with Crippen LogP contribution in [0.25, 0.3) is 0 Å². The number of nitrogens with one attached hydrogen (secondary N) is 2. The van der Waals surface area contributed by atoms with Gasteiger partial charge in [-0.05, 0) is 67.9 Å². The number of carbonyl (C=O) groups is 1. The third kappa shape index (κ3) is 7.53. The highest BCUT2D eigenvalue weighted by Gasteiger charge is 2.53. The summed E-state index contributed by atoms with van der Waals surface area (Å²) in [5, 5.41) is 9.00. The Morgan fingerprint density at radius 2 is 1.76 bits per heavy atom. The molecule has 9 nitrogen and oxygen atoms in total. The van der Waals surface area contributed by atoms with Crippen molar-refractivity contribution >= 4 is 37.6 Å². The molecular formula is C30H34BrN3O6S. The monoisotopic (exact) mass is 643 g/mol. The second kappa shape index (κ2) is 13.6. The van der Waals surface area contributed by atoms with Gasteiger partial charge in [-0.25, -0.2) is 18.8 Å². The molecular weight excluding hydrogens is 610 g/mol. The molecule has 0 saturated carbocycles. The van der Waals surface area contributed by atoms with Crippen LogP contribution in [-0.2, 0) is 19.4 Å².